The summed E-state index contributed by atoms with van der Waals surface area (Å²) in [5.41, 5.74) is -0.559. The number of pyridine rings is 1. The summed E-state index contributed by atoms with van der Waals surface area (Å²) in [6, 6.07) is 2.14. The van der Waals surface area contributed by atoms with E-state index in [4.69, 9.17) is 4.74 Å². The van der Waals surface area contributed by atoms with Crippen LogP contribution in [0.3, 0.4) is 0 Å². The summed E-state index contributed by atoms with van der Waals surface area (Å²) in [5, 5.41) is 6.96. The zero-order chi connectivity index (χ0) is 25.8. The van der Waals surface area contributed by atoms with Gasteiger partial charge in [-0.2, -0.15) is 18.3 Å². The summed E-state index contributed by atoms with van der Waals surface area (Å²) in [7, 11) is 0. The number of ether oxygens (including phenoxy) is 1. The Morgan fingerprint density at radius 3 is 2.34 bits per heavy atom. The van der Waals surface area contributed by atoms with Crippen molar-refractivity contribution in [3.05, 3.63) is 41.3 Å². The quantitative estimate of drug-likeness (QED) is 0.618. The van der Waals surface area contributed by atoms with Crippen LogP contribution in [0, 0.1) is 6.92 Å². The highest BCUT2D eigenvalue weighted by Crippen LogP contribution is 2.28. The molecule has 0 radical (unpaired) electrons. The van der Waals surface area contributed by atoms with E-state index >= 15 is 0 Å². The molecule has 0 aliphatic carbocycles. The Hall–Kier alpha value is -3.15. The van der Waals surface area contributed by atoms with E-state index in [-0.39, 0.29) is 17.8 Å². The normalized spacial score (nSPS) is 15.2. The van der Waals surface area contributed by atoms with Gasteiger partial charge in [-0.25, -0.2) is 14.5 Å². The fraction of sp³-hybridized carbons (Fsp3) is 0.565. The SMILES string of the molecule is Cc1c(C(=O)NCCCN2CCN(C(=O)OC(C)(C)C)CC2)cnn1-c1ccc(C(F)(F)F)cn1. The lowest BCUT2D eigenvalue weighted by Crippen LogP contribution is -2.50. The number of amides is 2. The van der Waals surface area contributed by atoms with Crippen molar-refractivity contribution < 1.29 is 27.5 Å². The van der Waals surface area contributed by atoms with Gasteiger partial charge >= 0.3 is 12.3 Å². The van der Waals surface area contributed by atoms with E-state index in [1.165, 1.54) is 16.9 Å². The van der Waals surface area contributed by atoms with Crippen molar-refractivity contribution >= 4 is 12.0 Å². The van der Waals surface area contributed by atoms with Crippen molar-refractivity contribution in [2.24, 2.45) is 0 Å². The second-order valence-electron chi connectivity index (χ2n) is 9.38. The van der Waals surface area contributed by atoms with E-state index in [1.807, 2.05) is 20.8 Å². The van der Waals surface area contributed by atoms with Gasteiger partial charge in [0, 0.05) is 38.9 Å². The monoisotopic (exact) mass is 496 g/mol. The van der Waals surface area contributed by atoms with Gasteiger partial charge in [0.2, 0.25) is 0 Å². The van der Waals surface area contributed by atoms with E-state index < -0.39 is 17.3 Å². The van der Waals surface area contributed by atoms with Gasteiger partial charge in [-0.05, 0) is 52.8 Å². The first-order valence-corrected chi connectivity index (χ1v) is 11.4. The van der Waals surface area contributed by atoms with E-state index in [2.05, 4.69) is 20.3 Å². The first kappa shape index (κ1) is 26.5. The van der Waals surface area contributed by atoms with Crippen LogP contribution in [-0.4, -0.2) is 81.4 Å². The predicted molar refractivity (Wildman–Crippen MR) is 122 cm³/mol. The third kappa shape index (κ3) is 7.17. The van der Waals surface area contributed by atoms with Crippen molar-refractivity contribution in [3.63, 3.8) is 0 Å². The van der Waals surface area contributed by atoms with Crippen LogP contribution in [0.15, 0.2) is 24.5 Å². The molecule has 2 aromatic rings. The molecule has 35 heavy (non-hydrogen) atoms. The molecule has 1 saturated heterocycles. The van der Waals surface area contributed by atoms with Crippen molar-refractivity contribution in [1.29, 1.82) is 0 Å². The number of carbonyl (C=O) groups excluding carboxylic acids is 2. The maximum Gasteiger partial charge on any atom is 0.417 e. The number of alkyl halides is 3. The molecule has 1 N–H and O–H groups in total. The largest absolute Gasteiger partial charge is 0.444 e. The molecule has 0 bridgehead atoms. The van der Waals surface area contributed by atoms with Gasteiger partial charge in [0.1, 0.15) is 5.60 Å². The molecule has 12 heteroatoms. The summed E-state index contributed by atoms with van der Waals surface area (Å²) >= 11 is 0. The molecule has 3 heterocycles. The topological polar surface area (TPSA) is 92.6 Å². The second-order valence-corrected chi connectivity index (χ2v) is 9.38. The van der Waals surface area contributed by atoms with Gasteiger partial charge in [0.25, 0.3) is 5.91 Å². The van der Waals surface area contributed by atoms with E-state index in [0.717, 1.165) is 38.3 Å². The highest BCUT2D eigenvalue weighted by molar-refractivity contribution is 5.95. The Labute approximate surface area is 202 Å². The van der Waals surface area contributed by atoms with Gasteiger partial charge in [0.05, 0.1) is 23.0 Å². The molecule has 0 spiro atoms. The summed E-state index contributed by atoms with van der Waals surface area (Å²) in [6.07, 6.45) is -1.93. The summed E-state index contributed by atoms with van der Waals surface area (Å²) < 4.78 is 45.0. The van der Waals surface area contributed by atoms with Crippen molar-refractivity contribution in [2.75, 3.05) is 39.3 Å². The van der Waals surface area contributed by atoms with Crippen molar-refractivity contribution in [1.82, 2.24) is 29.9 Å². The number of carbonyl (C=O) groups is 2. The minimum absolute atomic E-state index is 0.195. The average Bonchev–Trinajstić information content (AvgIpc) is 3.16. The van der Waals surface area contributed by atoms with Gasteiger partial charge in [-0.3, -0.25) is 9.69 Å². The van der Waals surface area contributed by atoms with Crippen LogP contribution in [0.25, 0.3) is 5.82 Å². The fourth-order valence-corrected chi connectivity index (χ4v) is 3.62. The molecule has 1 aliphatic heterocycles. The first-order valence-electron chi connectivity index (χ1n) is 11.4. The Bertz CT molecular complexity index is 1020. The van der Waals surface area contributed by atoms with Gasteiger partial charge in [-0.15, -0.1) is 0 Å². The van der Waals surface area contributed by atoms with Gasteiger partial charge in [0.15, 0.2) is 5.82 Å². The van der Waals surface area contributed by atoms with Crippen LogP contribution in [0.4, 0.5) is 18.0 Å². The highest BCUT2D eigenvalue weighted by atomic mass is 19.4. The molecule has 0 saturated carbocycles. The Kier molecular flexibility index (Phi) is 8.04. The Morgan fingerprint density at radius 2 is 1.77 bits per heavy atom. The van der Waals surface area contributed by atoms with E-state index in [1.54, 1.807) is 11.8 Å². The number of nitrogens with one attached hydrogen (secondary N) is 1. The van der Waals surface area contributed by atoms with Crippen LogP contribution in [0.5, 0.6) is 0 Å². The highest BCUT2D eigenvalue weighted by Gasteiger charge is 2.31. The third-order valence-corrected chi connectivity index (χ3v) is 5.51. The van der Waals surface area contributed by atoms with Crippen LogP contribution in [0.1, 0.15) is 48.8 Å². The average molecular weight is 497 g/mol. The van der Waals surface area contributed by atoms with Crippen molar-refractivity contribution in [2.45, 2.75) is 45.9 Å². The predicted octanol–water partition coefficient (Wildman–Crippen LogP) is 3.27. The molecule has 1 aliphatic rings. The zero-order valence-electron chi connectivity index (χ0n) is 20.4. The Morgan fingerprint density at radius 1 is 1.09 bits per heavy atom. The lowest BCUT2D eigenvalue weighted by molar-refractivity contribution is -0.137. The number of hydrogen-bond donors (Lipinski definition) is 1. The molecule has 0 aromatic carbocycles. The standard InChI is InChI=1S/C23H31F3N6O3/c1-16-18(15-29-32(16)19-7-6-17(14-28-19)23(24,25)26)20(33)27-8-5-9-30-10-12-31(13-11-30)21(34)35-22(2,3)4/h6-7,14-15H,5,8-13H2,1-4H3,(H,27,33). The molecular weight excluding hydrogens is 465 g/mol. The number of hydrogen-bond acceptors (Lipinski definition) is 6. The number of nitrogens with zero attached hydrogens (tertiary/aromatic N) is 5. The van der Waals surface area contributed by atoms with Gasteiger partial charge < -0.3 is 15.0 Å². The van der Waals surface area contributed by atoms with E-state index in [0.29, 0.717) is 30.9 Å². The molecule has 1 fully saturated rings. The summed E-state index contributed by atoms with van der Waals surface area (Å²) in [6.45, 7) is 11.1. The second kappa shape index (κ2) is 10.6. The Balaban J connectivity index is 1.43. The first-order chi connectivity index (χ1) is 16.3. The zero-order valence-corrected chi connectivity index (χ0v) is 20.4. The molecule has 3 rings (SSSR count). The van der Waals surface area contributed by atoms with Crippen molar-refractivity contribution in [3.8, 4) is 5.82 Å². The molecule has 2 amide bonds. The molecular formula is C23H31F3N6O3. The van der Waals surface area contributed by atoms with Gasteiger partial charge in [-0.1, -0.05) is 0 Å². The minimum Gasteiger partial charge on any atom is -0.444 e. The van der Waals surface area contributed by atoms with E-state index in [9.17, 15) is 22.8 Å². The molecule has 192 valence electrons. The summed E-state index contributed by atoms with van der Waals surface area (Å²) in [4.78, 5) is 32.5. The van der Waals surface area contributed by atoms with Crippen LogP contribution in [-0.2, 0) is 10.9 Å². The molecule has 0 atom stereocenters. The third-order valence-electron chi connectivity index (χ3n) is 5.51. The molecule has 0 unspecified atom stereocenters. The number of piperazine rings is 1. The fourth-order valence-electron chi connectivity index (χ4n) is 3.62. The lowest BCUT2D eigenvalue weighted by atomic mass is 10.2. The van der Waals surface area contributed by atoms with Crippen LogP contribution in [0.2, 0.25) is 0 Å². The number of aromatic nitrogens is 3. The number of halogens is 3. The van der Waals surface area contributed by atoms with Crippen LogP contribution < -0.4 is 5.32 Å². The summed E-state index contributed by atoms with van der Waals surface area (Å²) in [5.74, 6) is -0.115. The smallest absolute Gasteiger partial charge is 0.417 e. The number of rotatable bonds is 6. The maximum atomic E-state index is 12.7. The minimum atomic E-state index is -4.47. The van der Waals surface area contributed by atoms with Crippen LogP contribution >= 0.6 is 0 Å². The maximum absolute atomic E-state index is 12.7. The molecule has 9 nitrogen and oxygen atoms in total. The lowest BCUT2D eigenvalue weighted by Gasteiger charge is -2.35. The molecule has 2 aromatic heterocycles.